The highest BCUT2D eigenvalue weighted by Gasteiger charge is 2.47. The molecule has 4 heterocycles. The summed E-state index contributed by atoms with van der Waals surface area (Å²) in [5.41, 5.74) is 3.08. The molecule has 0 bridgehead atoms. The van der Waals surface area contributed by atoms with E-state index in [1.807, 2.05) is 32.3 Å². The van der Waals surface area contributed by atoms with E-state index in [0.717, 1.165) is 22.7 Å². The van der Waals surface area contributed by atoms with Gasteiger partial charge in [-0.1, -0.05) is 12.1 Å². The van der Waals surface area contributed by atoms with Gasteiger partial charge in [0.25, 0.3) is 0 Å². The third-order valence-electron chi connectivity index (χ3n) is 5.82. The van der Waals surface area contributed by atoms with Crippen molar-refractivity contribution in [3.63, 3.8) is 0 Å². The van der Waals surface area contributed by atoms with Crippen LogP contribution >= 0.6 is 0 Å². The summed E-state index contributed by atoms with van der Waals surface area (Å²) in [4.78, 5) is 11.2. The van der Waals surface area contributed by atoms with Crippen LogP contribution in [0.25, 0.3) is 11.3 Å². The lowest BCUT2D eigenvalue weighted by Gasteiger charge is -2.18. The van der Waals surface area contributed by atoms with Gasteiger partial charge < -0.3 is 29.4 Å². The van der Waals surface area contributed by atoms with E-state index in [1.165, 1.54) is 0 Å². The summed E-state index contributed by atoms with van der Waals surface area (Å²) >= 11 is 0. The summed E-state index contributed by atoms with van der Waals surface area (Å²) in [7, 11) is 4.06. The van der Waals surface area contributed by atoms with Gasteiger partial charge in [-0.05, 0) is 30.3 Å². The van der Waals surface area contributed by atoms with Crippen LogP contribution in [0.5, 0.6) is 0 Å². The van der Waals surface area contributed by atoms with E-state index in [1.54, 1.807) is 12.5 Å². The van der Waals surface area contributed by atoms with Crippen molar-refractivity contribution in [2.24, 2.45) is 0 Å². The first kappa shape index (κ1) is 20.0. The van der Waals surface area contributed by atoms with Gasteiger partial charge in [0.1, 0.15) is 18.0 Å². The molecule has 2 aliphatic rings. The molecule has 2 N–H and O–H groups in total. The summed E-state index contributed by atoms with van der Waals surface area (Å²) in [6, 6.07) is 14.2. The minimum atomic E-state index is -0.0410. The molecule has 1 aromatic carbocycles. The molecule has 3 aromatic rings. The molecule has 2 aromatic heterocycles. The predicted octanol–water partition coefficient (Wildman–Crippen LogP) is 2.54. The number of hydrogen-bond acceptors (Lipinski definition) is 8. The molecule has 4 unspecified atom stereocenters. The molecular formula is C23H27N5O3. The van der Waals surface area contributed by atoms with Gasteiger partial charge in [-0.25, -0.2) is 9.97 Å². The number of aromatic nitrogens is 2. The number of ether oxygens (including phenoxy) is 2. The molecule has 0 aliphatic carbocycles. The van der Waals surface area contributed by atoms with E-state index in [0.29, 0.717) is 25.7 Å². The largest absolute Gasteiger partial charge is 0.468 e. The Morgan fingerprint density at radius 2 is 1.77 bits per heavy atom. The summed E-state index contributed by atoms with van der Waals surface area (Å²) in [6.45, 7) is 1.82. The van der Waals surface area contributed by atoms with Crippen LogP contribution in [0, 0.1) is 0 Å². The lowest BCUT2D eigenvalue weighted by molar-refractivity contribution is 0.0673. The zero-order valence-electron chi connectivity index (χ0n) is 17.7. The zero-order valence-corrected chi connectivity index (χ0v) is 17.7. The molecule has 2 saturated heterocycles. The minimum Gasteiger partial charge on any atom is -0.468 e. The van der Waals surface area contributed by atoms with Crippen molar-refractivity contribution >= 4 is 11.6 Å². The molecule has 5 rings (SSSR count). The van der Waals surface area contributed by atoms with Gasteiger partial charge in [0.2, 0.25) is 5.95 Å². The smallest absolute Gasteiger partial charge is 0.223 e. The van der Waals surface area contributed by atoms with Crippen molar-refractivity contribution in [3.05, 3.63) is 60.7 Å². The summed E-state index contributed by atoms with van der Waals surface area (Å²) < 4.78 is 17.5. The van der Waals surface area contributed by atoms with Crippen molar-refractivity contribution in [2.75, 3.05) is 37.5 Å². The molecule has 2 aliphatic heterocycles. The van der Waals surface area contributed by atoms with Gasteiger partial charge in [0.15, 0.2) is 0 Å². The van der Waals surface area contributed by atoms with Crippen molar-refractivity contribution in [1.29, 1.82) is 0 Å². The van der Waals surface area contributed by atoms with Crippen molar-refractivity contribution in [2.45, 2.75) is 30.8 Å². The second kappa shape index (κ2) is 8.66. The van der Waals surface area contributed by atoms with Gasteiger partial charge in [-0.15, -0.1) is 0 Å². The first-order chi connectivity index (χ1) is 15.2. The number of furan rings is 1. The Kier molecular flexibility index (Phi) is 5.59. The molecule has 0 saturated carbocycles. The maximum absolute atomic E-state index is 6.05. The predicted molar refractivity (Wildman–Crippen MR) is 118 cm³/mol. The van der Waals surface area contributed by atoms with Crippen LogP contribution in [0.3, 0.4) is 0 Å². The monoisotopic (exact) mass is 421 g/mol. The number of rotatable bonds is 7. The summed E-state index contributed by atoms with van der Waals surface area (Å²) in [6.07, 6.45) is 3.41. The maximum atomic E-state index is 6.05. The molecule has 162 valence electrons. The number of nitrogens with zero attached hydrogens (tertiary/aromatic N) is 3. The quantitative estimate of drug-likeness (QED) is 0.602. The lowest BCUT2D eigenvalue weighted by atomic mass is 10.1. The molecular weight excluding hydrogens is 394 g/mol. The van der Waals surface area contributed by atoms with Crippen LogP contribution in [0.15, 0.2) is 59.3 Å². The average molecular weight is 422 g/mol. The van der Waals surface area contributed by atoms with Gasteiger partial charge in [-0.2, -0.15) is 0 Å². The van der Waals surface area contributed by atoms with Gasteiger partial charge in [-0.3, -0.25) is 0 Å². The fourth-order valence-electron chi connectivity index (χ4n) is 4.13. The highest BCUT2D eigenvalue weighted by Crippen LogP contribution is 2.29. The lowest BCUT2D eigenvalue weighted by Crippen LogP contribution is -2.41. The third-order valence-corrected chi connectivity index (χ3v) is 5.82. The van der Waals surface area contributed by atoms with E-state index in [4.69, 9.17) is 18.9 Å². The molecule has 8 nitrogen and oxygen atoms in total. The minimum absolute atomic E-state index is 0.00535. The SMILES string of the molecule is CN(C)c1ccc(-c2ccnc(NC3COC4C(NCc5ccco5)COC34)n2)cc1. The van der Waals surface area contributed by atoms with E-state index in [2.05, 4.69) is 44.8 Å². The number of anilines is 2. The van der Waals surface area contributed by atoms with Crippen LogP contribution in [-0.4, -0.2) is 61.6 Å². The molecule has 31 heavy (non-hydrogen) atoms. The normalized spacial score (nSPS) is 24.8. The van der Waals surface area contributed by atoms with E-state index in [-0.39, 0.29) is 24.3 Å². The first-order valence-corrected chi connectivity index (χ1v) is 10.5. The molecule has 0 radical (unpaired) electrons. The summed E-state index contributed by atoms with van der Waals surface area (Å²) in [5, 5.41) is 6.89. The third kappa shape index (κ3) is 4.27. The van der Waals surface area contributed by atoms with Gasteiger partial charge >= 0.3 is 0 Å². The number of benzene rings is 1. The molecule has 0 spiro atoms. The molecule has 4 atom stereocenters. The van der Waals surface area contributed by atoms with E-state index < -0.39 is 0 Å². The Labute approximate surface area is 181 Å². The Bertz CT molecular complexity index is 993. The fourth-order valence-corrected chi connectivity index (χ4v) is 4.13. The summed E-state index contributed by atoms with van der Waals surface area (Å²) in [5.74, 6) is 1.49. The van der Waals surface area contributed by atoms with Crippen LogP contribution in [-0.2, 0) is 16.0 Å². The van der Waals surface area contributed by atoms with E-state index >= 15 is 0 Å². The van der Waals surface area contributed by atoms with Gasteiger partial charge in [0, 0.05) is 31.5 Å². The molecule has 8 heteroatoms. The second-order valence-electron chi connectivity index (χ2n) is 8.12. The highest BCUT2D eigenvalue weighted by atomic mass is 16.6. The molecule has 0 amide bonds. The van der Waals surface area contributed by atoms with Crippen LogP contribution in [0.4, 0.5) is 11.6 Å². The van der Waals surface area contributed by atoms with Crippen molar-refractivity contribution in [1.82, 2.24) is 15.3 Å². The number of hydrogen-bond donors (Lipinski definition) is 2. The Hall–Kier alpha value is -2.94. The zero-order chi connectivity index (χ0) is 21.2. The van der Waals surface area contributed by atoms with Gasteiger partial charge in [0.05, 0.1) is 43.8 Å². The fraction of sp³-hybridized carbons (Fsp3) is 0.391. The number of nitrogens with one attached hydrogen (secondary N) is 2. The van der Waals surface area contributed by atoms with Crippen molar-refractivity contribution in [3.8, 4) is 11.3 Å². The van der Waals surface area contributed by atoms with Crippen LogP contribution in [0.1, 0.15) is 5.76 Å². The number of fused-ring (bicyclic) bond motifs is 1. The Balaban J connectivity index is 1.22. The second-order valence-corrected chi connectivity index (χ2v) is 8.12. The van der Waals surface area contributed by atoms with Crippen LogP contribution in [0.2, 0.25) is 0 Å². The Morgan fingerprint density at radius 1 is 1.00 bits per heavy atom. The molecule has 2 fully saturated rings. The highest BCUT2D eigenvalue weighted by molar-refractivity contribution is 5.63. The Morgan fingerprint density at radius 3 is 2.52 bits per heavy atom. The maximum Gasteiger partial charge on any atom is 0.223 e. The van der Waals surface area contributed by atoms with Crippen molar-refractivity contribution < 1.29 is 13.9 Å². The van der Waals surface area contributed by atoms with E-state index in [9.17, 15) is 0 Å². The first-order valence-electron chi connectivity index (χ1n) is 10.5. The topological polar surface area (TPSA) is 84.7 Å². The standard InChI is InChI=1S/C23H27N5O3/c1-28(2)16-7-5-15(6-8-16)18-9-10-24-23(26-18)27-20-14-31-21-19(13-30-22(20)21)25-12-17-4-3-11-29-17/h3-11,19-22,25H,12-14H2,1-2H3,(H,24,26,27). The van der Waals surface area contributed by atoms with Crippen LogP contribution < -0.4 is 15.5 Å². The average Bonchev–Trinajstić information content (AvgIpc) is 3.52.